The van der Waals surface area contributed by atoms with E-state index < -0.39 is 14.4 Å². The van der Waals surface area contributed by atoms with Gasteiger partial charge in [-0.1, -0.05) is 20.8 Å². The Balaban J connectivity index is 2.15. The number of carbonyl (C=O) groups excluding carboxylic acids is 1. The maximum atomic E-state index is 11.9. The zero-order chi connectivity index (χ0) is 17.3. The van der Waals surface area contributed by atoms with Crippen LogP contribution in [0.25, 0.3) is 0 Å². The Morgan fingerprint density at radius 1 is 1.30 bits per heavy atom. The predicted molar refractivity (Wildman–Crippen MR) is 93.2 cm³/mol. The summed E-state index contributed by atoms with van der Waals surface area (Å²) in [5.41, 5.74) is -0.139. The molecule has 0 bridgehead atoms. The maximum Gasteiger partial charge on any atom is 0.440 e. The lowest BCUT2D eigenvalue weighted by Crippen LogP contribution is -2.48. The van der Waals surface area contributed by atoms with Crippen LogP contribution in [0.3, 0.4) is 0 Å². The Labute approximate surface area is 146 Å². The smallest absolute Gasteiger partial charge is 0.306 e. The molecule has 1 aromatic heterocycles. The van der Waals surface area contributed by atoms with Crippen LogP contribution in [0.5, 0.6) is 0 Å². The first-order valence-electron chi connectivity index (χ1n) is 7.73. The highest BCUT2D eigenvalue weighted by Crippen LogP contribution is 2.41. The van der Waals surface area contributed by atoms with E-state index in [0.29, 0.717) is 0 Å². The van der Waals surface area contributed by atoms with Crippen LogP contribution in [0.15, 0.2) is 16.9 Å². The highest BCUT2D eigenvalue weighted by molar-refractivity contribution is 9.10. The summed E-state index contributed by atoms with van der Waals surface area (Å²) >= 11 is 3.36. The van der Waals surface area contributed by atoms with Gasteiger partial charge in [0.05, 0.1) is 4.47 Å². The quantitative estimate of drug-likeness (QED) is 0.434. The van der Waals surface area contributed by atoms with Crippen molar-refractivity contribution in [2.24, 2.45) is 5.41 Å². The monoisotopic (exact) mass is 401 g/mol. The zero-order valence-corrected chi connectivity index (χ0v) is 16.9. The lowest BCUT2D eigenvalue weighted by atomic mass is 9.91. The largest absolute Gasteiger partial charge is 0.440 e. The molecule has 1 atom stereocenters. The number of halogens is 1. The van der Waals surface area contributed by atoms with E-state index in [1.165, 1.54) is 0 Å². The van der Waals surface area contributed by atoms with Crippen molar-refractivity contribution in [3.63, 3.8) is 0 Å². The Bertz CT molecular complexity index is 556. The summed E-state index contributed by atoms with van der Waals surface area (Å²) in [5.74, 6) is 0.720. The molecular formula is C15H24BrN3O3Si. The van der Waals surface area contributed by atoms with Crippen molar-refractivity contribution in [3.8, 4) is 0 Å². The zero-order valence-electron chi connectivity index (χ0n) is 14.3. The van der Waals surface area contributed by atoms with Crippen LogP contribution in [-0.2, 0) is 9.46 Å². The standard InChI is InChI=1S/C15H24BrN3O3Si/c1-15(2,3)12(13-17-9-11(16)10-18-13)23(4,5)22-21-14(20)19-7-6-8-19/h9-10,12H,6-8H2,1-5H3. The van der Waals surface area contributed by atoms with E-state index in [1.807, 2.05) is 13.1 Å². The number of rotatable bonds is 4. The van der Waals surface area contributed by atoms with E-state index in [9.17, 15) is 4.79 Å². The van der Waals surface area contributed by atoms with Gasteiger partial charge in [0.2, 0.25) is 0 Å². The molecular weight excluding hydrogens is 378 g/mol. The first-order valence-corrected chi connectivity index (χ1v) is 11.5. The molecule has 0 saturated carbocycles. The van der Waals surface area contributed by atoms with Gasteiger partial charge in [0, 0.05) is 31.0 Å². The number of amides is 1. The molecule has 1 unspecified atom stereocenters. The number of nitrogens with zero attached hydrogens (tertiary/aromatic N) is 3. The van der Waals surface area contributed by atoms with Gasteiger partial charge >= 0.3 is 6.09 Å². The average molecular weight is 402 g/mol. The van der Waals surface area contributed by atoms with Gasteiger partial charge < -0.3 is 4.90 Å². The van der Waals surface area contributed by atoms with Gasteiger partial charge in [-0.3, -0.25) is 4.89 Å². The van der Waals surface area contributed by atoms with Crippen LogP contribution in [0, 0.1) is 5.41 Å². The van der Waals surface area contributed by atoms with Gasteiger partial charge in [-0.15, -0.1) is 0 Å². The third-order valence-corrected chi connectivity index (χ3v) is 7.34. The molecule has 2 heterocycles. The molecule has 0 aliphatic carbocycles. The predicted octanol–water partition coefficient (Wildman–Crippen LogP) is 3.89. The summed E-state index contributed by atoms with van der Waals surface area (Å²) in [6, 6.07) is 0. The molecule has 1 aliphatic rings. The highest BCUT2D eigenvalue weighted by atomic mass is 79.9. The summed E-state index contributed by atoms with van der Waals surface area (Å²) in [4.78, 5) is 27.5. The summed E-state index contributed by atoms with van der Waals surface area (Å²) in [6.07, 6.45) is 4.09. The molecule has 8 heteroatoms. The lowest BCUT2D eigenvalue weighted by molar-refractivity contribution is -0.171. The fraction of sp³-hybridized carbons (Fsp3) is 0.667. The fourth-order valence-electron chi connectivity index (χ4n) is 2.95. The van der Waals surface area contributed by atoms with Crippen molar-refractivity contribution in [2.75, 3.05) is 13.1 Å². The molecule has 0 spiro atoms. The van der Waals surface area contributed by atoms with E-state index >= 15 is 0 Å². The topological polar surface area (TPSA) is 64.6 Å². The number of aromatic nitrogens is 2. The number of hydrogen-bond acceptors (Lipinski definition) is 5. The first-order chi connectivity index (χ1) is 10.6. The minimum absolute atomic E-state index is 0.0210. The average Bonchev–Trinajstić information content (AvgIpc) is 2.35. The van der Waals surface area contributed by atoms with Gasteiger partial charge in [-0.05, 0) is 40.9 Å². The molecule has 128 valence electrons. The van der Waals surface area contributed by atoms with Gasteiger partial charge in [-0.25, -0.2) is 19.3 Å². The van der Waals surface area contributed by atoms with Crippen molar-refractivity contribution in [1.29, 1.82) is 0 Å². The Morgan fingerprint density at radius 2 is 1.87 bits per heavy atom. The molecule has 1 aliphatic heterocycles. The van der Waals surface area contributed by atoms with Crippen molar-refractivity contribution < 1.29 is 14.3 Å². The van der Waals surface area contributed by atoms with Crippen molar-refractivity contribution >= 4 is 30.3 Å². The number of hydrogen-bond donors (Lipinski definition) is 0. The van der Waals surface area contributed by atoms with Crippen molar-refractivity contribution in [1.82, 2.24) is 14.9 Å². The van der Waals surface area contributed by atoms with Gasteiger partial charge in [-0.2, -0.15) is 0 Å². The summed E-state index contributed by atoms with van der Waals surface area (Å²) in [5, 5.41) is 0. The summed E-state index contributed by atoms with van der Waals surface area (Å²) in [6.45, 7) is 11.9. The van der Waals surface area contributed by atoms with Crippen LogP contribution in [-0.4, -0.2) is 42.4 Å². The molecule has 2 rings (SSSR count). The lowest BCUT2D eigenvalue weighted by Gasteiger charge is -2.38. The summed E-state index contributed by atoms with van der Waals surface area (Å²) < 4.78 is 6.51. The van der Waals surface area contributed by atoms with Crippen molar-refractivity contribution in [2.45, 2.75) is 45.8 Å². The summed E-state index contributed by atoms with van der Waals surface area (Å²) in [7, 11) is -2.43. The highest BCUT2D eigenvalue weighted by Gasteiger charge is 2.47. The van der Waals surface area contributed by atoms with Crippen LogP contribution in [0.1, 0.15) is 38.6 Å². The van der Waals surface area contributed by atoms with Crippen LogP contribution in [0.4, 0.5) is 4.79 Å². The molecule has 23 heavy (non-hydrogen) atoms. The van der Waals surface area contributed by atoms with Crippen LogP contribution < -0.4 is 0 Å². The number of carbonyl (C=O) groups is 1. The fourth-order valence-corrected chi connectivity index (χ4v) is 6.40. The normalized spacial score (nSPS) is 16.7. The van der Waals surface area contributed by atoms with Gasteiger partial charge in [0.15, 0.2) is 0 Å². The molecule has 1 amide bonds. The molecule has 1 fully saturated rings. The molecule has 0 aromatic carbocycles. The minimum atomic E-state index is -2.43. The van der Waals surface area contributed by atoms with E-state index in [1.54, 1.807) is 17.3 Å². The Morgan fingerprint density at radius 3 is 2.30 bits per heavy atom. The molecule has 0 N–H and O–H groups in total. The maximum absolute atomic E-state index is 11.9. The third kappa shape index (κ3) is 4.51. The Kier molecular flexibility index (Phi) is 5.47. The second-order valence-corrected chi connectivity index (χ2v) is 12.3. The van der Waals surface area contributed by atoms with Crippen LogP contribution >= 0.6 is 15.9 Å². The second kappa shape index (κ2) is 6.86. The van der Waals surface area contributed by atoms with Gasteiger partial charge in [0.1, 0.15) is 5.82 Å². The number of likely N-dealkylation sites (tertiary alicyclic amines) is 1. The molecule has 1 aromatic rings. The SMILES string of the molecule is CC(C)(C)C(c1ncc(Br)cn1)[Si](C)(C)OOC(=O)N1CCC1. The second-order valence-electron chi connectivity index (χ2n) is 7.44. The third-order valence-electron chi connectivity index (χ3n) is 3.90. The van der Waals surface area contributed by atoms with E-state index in [0.717, 1.165) is 29.8 Å². The van der Waals surface area contributed by atoms with E-state index in [4.69, 9.17) is 9.46 Å². The van der Waals surface area contributed by atoms with Crippen LogP contribution in [0.2, 0.25) is 13.1 Å². The molecule has 1 saturated heterocycles. The van der Waals surface area contributed by atoms with E-state index in [-0.39, 0.29) is 11.0 Å². The minimum Gasteiger partial charge on any atom is -0.306 e. The molecule has 6 nitrogen and oxygen atoms in total. The molecule has 0 radical (unpaired) electrons. The van der Waals surface area contributed by atoms with Gasteiger partial charge in [0.25, 0.3) is 8.32 Å². The first kappa shape index (κ1) is 18.3. The Hall–Kier alpha value is -0.993. The van der Waals surface area contributed by atoms with Crippen molar-refractivity contribution in [3.05, 3.63) is 22.7 Å². The van der Waals surface area contributed by atoms with E-state index in [2.05, 4.69) is 46.7 Å².